The summed E-state index contributed by atoms with van der Waals surface area (Å²) >= 11 is 1.30. The minimum Gasteiger partial charge on any atom is -0.497 e. The molecule has 37 heavy (non-hydrogen) atoms. The summed E-state index contributed by atoms with van der Waals surface area (Å²) in [4.78, 5) is 25.1. The molecular formula is C28H27N5O3S. The van der Waals surface area contributed by atoms with E-state index < -0.39 is 0 Å². The number of carbonyl (C=O) groups is 2. The lowest BCUT2D eigenvalue weighted by Gasteiger charge is -2.09. The summed E-state index contributed by atoms with van der Waals surface area (Å²) in [5.74, 6) is 1.16. The fourth-order valence-electron chi connectivity index (χ4n) is 3.60. The van der Waals surface area contributed by atoms with Gasteiger partial charge in [-0.15, -0.1) is 16.8 Å². The number of benzene rings is 3. The molecule has 3 aromatic carbocycles. The Morgan fingerprint density at radius 3 is 2.38 bits per heavy atom. The van der Waals surface area contributed by atoms with Gasteiger partial charge in [-0.2, -0.15) is 0 Å². The Morgan fingerprint density at radius 2 is 1.70 bits per heavy atom. The topological polar surface area (TPSA) is 98.1 Å². The zero-order chi connectivity index (χ0) is 26.2. The van der Waals surface area contributed by atoms with Gasteiger partial charge in [-0.1, -0.05) is 41.6 Å². The lowest BCUT2D eigenvalue weighted by molar-refractivity contribution is -0.113. The van der Waals surface area contributed by atoms with Gasteiger partial charge in [-0.25, -0.2) is 0 Å². The molecule has 0 spiro atoms. The van der Waals surface area contributed by atoms with E-state index in [-0.39, 0.29) is 17.6 Å². The molecule has 0 atom stereocenters. The van der Waals surface area contributed by atoms with Crippen molar-refractivity contribution < 1.29 is 14.3 Å². The van der Waals surface area contributed by atoms with Crippen molar-refractivity contribution in [1.82, 2.24) is 14.8 Å². The SMILES string of the molecule is C=CCn1c(SCC(=O)Nc2ccc(C(=O)Nc3ccc(OC)cc3)cc2)nnc1-c1cccc(C)c1. The number of nitrogens with zero attached hydrogens (tertiary/aromatic N) is 3. The highest BCUT2D eigenvalue weighted by Crippen LogP contribution is 2.25. The van der Waals surface area contributed by atoms with E-state index in [0.29, 0.717) is 34.4 Å². The van der Waals surface area contributed by atoms with Crippen LogP contribution < -0.4 is 15.4 Å². The fraction of sp³-hybridized carbons (Fsp3) is 0.143. The highest BCUT2D eigenvalue weighted by molar-refractivity contribution is 7.99. The van der Waals surface area contributed by atoms with Gasteiger partial charge in [0.1, 0.15) is 5.75 Å². The van der Waals surface area contributed by atoms with Crippen LogP contribution in [0.3, 0.4) is 0 Å². The molecule has 8 nitrogen and oxygen atoms in total. The summed E-state index contributed by atoms with van der Waals surface area (Å²) in [7, 11) is 1.59. The third-order valence-electron chi connectivity index (χ3n) is 5.42. The smallest absolute Gasteiger partial charge is 0.255 e. The van der Waals surface area contributed by atoms with Gasteiger partial charge in [0.05, 0.1) is 12.9 Å². The Labute approximate surface area is 219 Å². The van der Waals surface area contributed by atoms with Gasteiger partial charge in [0.25, 0.3) is 5.91 Å². The van der Waals surface area contributed by atoms with Crippen molar-refractivity contribution in [3.05, 3.63) is 96.6 Å². The number of hydrogen-bond donors (Lipinski definition) is 2. The van der Waals surface area contributed by atoms with Gasteiger partial charge >= 0.3 is 0 Å². The second kappa shape index (κ2) is 12.0. The first-order valence-electron chi connectivity index (χ1n) is 11.6. The summed E-state index contributed by atoms with van der Waals surface area (Å²) in [6, 6.07) is 21.8. The van der Waals surface area contributed by atoms with Crippen molar-refractivity contribution in [3.63, 3.8) is 0 Å². The van der Waals surface area contributed by atoms with Gasteiger partial charge in [-0.3, -0.25) is 14.2 Å². The lowest BCUT2D eigenvalue weighted by Crippen LogP contribution is -2.15. The zero-order valence-electron chi connectivity index (χ0n) is 20.6. The minimum absolute atomic E-state index is 0.156. The van der Waals surface area contributed by atoms with Crippen LogP contribution in [-0.4, -0.2) is 39.4 Å². The number of allylic oxidation sites excluding steroid dienone is 1. The van der Waals surface area contributed by atoms with Crippen LogP contribution in [0.25, 0.3) is 11.4 Å². The molecule has 2 N–H and O–H groups in total. The molecule has 0 aliphatic heterocycles. The molecule has 1 heterocycles. The van der Waals surface area contributed by atoms with Crippen LogP contribution in [0.2, 0.25) is 0 Å². The molecule has 0 saturated heterocycles. The second-order valence-electron chi connectivity index (χ2n) is 8.17. The fourth-order valence-corrected chi connectivity index (χ4v) is 4.34. The number of aromatic nitrogens is 3. The molecule has 0 radical (unpaired) electrons. The summed E-state index contributed by atoms with van der Waals surface area (Å²) in [6.07, 6.45) is 1.78. The highest BCUT2D eigenvalue weighted by atomic mass is 32.2. The molecule has 188 valence electrons. The standard InChI is InChI=1S/C28H27N5O3S/c1-4-16-33-26(21-7-5-6-19(2)17-21)31-32-28(33)37-18-25(34)29-22-10-8-20(9-11-22)27(35)30-23-12-14-24(36-3)15-13-23/h4-15,17H,1,16,18H2,2-3H3,(H,29,34)(H,30,35). The van der Waals surface area contributed by atoms with Gasteiger partial charge in [0, 0.05) is 29.0 Å². The summed E-state index contributed by atoms with van der Waals surface area (Å²) in [6.45, 7) is 6.38. The summed E-state index contributed by atoms with van der Waals surface area (Å²) < 4.78 is 7.07. The van der Waals surface area contributed by atoms with Gasteiger partial charge in [-0.05, 0) is 61.5 Å². The molecular weight excluding hydrogens is 486 g/mol. The van der Waals surface area contributed by atoms with Crippen molar-refractivity contribution in [1.29, 1.82) is 0 Å². The van der Waals surface area contributed by atoms with Crippen LogP contribution in [0.1, 0.15) is 15.9 Å². The number of ether oxygens (including phenoxy) is 1. The zero-order valence-corrected chi connectivity index (χ0v) is 21.4. The number of thioether (sulfide) groups is 1. The molecule has 0 unspecified atom stereocenters. The van der Waals surface area contributed by atoms with Crippen molar-refractivity contribution >= 4 is 35.0 Å². The lowest BCUT2D eigenvalue weighted by atomic mass is 10.1. The number of hydrogen-bond acceptors (Lipinski definition) is 6. The van der Waals surface area contributed by atoms with E-state index in [2.05, 4.69) is 27.4 Å². The first-order valence-corrected chi connectivity index (χ1v) is 12.5. The van der Waals surface area contributed by atoms with E-state index in [1.54, 1.807) is 61.7 Å². The molecule has 0 aliphatic rings. The van der Waals surface area contributed by atoms with E-state index >= 15 is 0 Å². The Morgan fingerprint density at radius 1 is 1.00 bits per heavy atom. The Kier molecular flexibility index (Phi) is 8.37. The number of carbonyl (C=O) groups excluding carboxylic acids is 2. The third-order valence-corrected chi connectivity index (χ3v) is 6.38. The number of nitrogens with one attached hydrogen (secondary N) is 2. The van der Waals surface area contributed by atoms with Crippen LogP contribution >= 0.6 is 11.8 Å². The molecule has 1 aromatic heterocycles. The maximum absolute atomic E-state index is 12.6. The monoisotopic (exact) mass is 513 g/mol. The van der Waals surface area contributed by atoms with Crippen LogP contribution in [0.15, 0.2) is 90.6 Å². The maximum atomic E-state index is 12.6. The minimum atomic E-state index is -0.246. The first-order chi connectivity index (χ1) is 18.0. The molecule has 0 fully saturated rings. The van der Waals surface area contributed by atoms with Crippen molar-refractivity contribution in [2.24, 2.45) is 0 Å². The summed E-state index contributed by atoms with van der Waals surface area (Å²) in [5.41, 5.74) is 3.82. The average Bonchev–Trinajstić information content (AvgIpc) is 3.31. The number of amides is 2. The summed E-state index contributed by atoms with van der Waals surface area (Å²) in [5, 5.41) is 15.0. The average molecular weight is 514 g/mol. The van der Waals surface area contributed by atoms with Crippen molar-refractivity contribution in [2.45, 2.75) is 18.6 Å². The Bertz CT molecular complexity index is 1400. The van der Waals surface area contributed by atoms with E-state index in [0.717, 1.165) is 17.0 Å². The highest BCUT2D eigenvalue weighted by Gasteiger charge is 2.15. The van der Waals surface area contributed by atoms with Crippen LogP contribution in [0, 0.1) is 6.92 Å². The number of anilines is 2. The van der Waals surface area contributed by atoms with Gasteiger partial charge in [0.15, 0.2) is 11.0 Å². The molecule has 4 rings (SSSR count). The predicted molar refractivity (Wildman–Crippen MR) is 147 cm³/mol. The molecule has 0 bridgehead atoms. The number of methoxy groups -OCH3 is 1. The normalized spacial score (nSPS) is 10.5. The third kappa shape index (κ3) is 6.65. The quantitative estimate of drug-likeness (QED) is 0.217. The van der Waals surface area contributed by atoms with E-state index in [1.807, 2.05) is 35.8 Å². The number of aryl methyl sites for hydroxylation is 1. The van der Waals surface area contributed by atoms with E-state index in [4.69, 9.17) is 4.74 Å². The number of rotatable bonds is 10. The first kappa shape index (κ1) is 25.7. The van der Waals surface area contributed by atoms with E-state index in [1.165, 1.54) is 11.8 Å². The Hall–Kier alpha value is -4.37. The van der Waals surface area contributed by atoms with Crippen LogP contribution in [0.4, 0.5) is 11.4 Å². The molecule has 0 saturated carbocycles. The van der Waals surface area contributed by atoms with Crippen LogP contribution in [0.5, 0.6) is 5.75 Å². The van der Waals surface area contributed by atoms with Gasteiger partial charge < -0.3 is 15.4 Å². The molecule has 4 aromatic rings. The van der Waals surface area contributed by atoms with Crippen LogP contribution in [-0.2, 0) is 11.3 Å². The van der Waals surface area contributed by atoms with E-state index in [9.17, 15) is 9.59 Å². The van der Waals surface area contributed by atoms with Crippen molar-refractivity contribution in [3.8, 4) is 17.1 Å². The maximum Gasteiger partial charge on any atom is 0.255 e. The second-order valence-corrected chi connectivity index (χ2v) is 9.11. The van der Waals surface area contributed by atoms with Gasteiger partial charge in [0.2, 0.25) is 5.91 Å². The molecule has 9 heteroatoms. The molecule has 0 aliphatic carbocycles. The Balaban J connectivity index is 1.34. The largest absolute Gasteiger partial charge is 0.497 e. The molecule has 2 amide bonds. The predicted octanol–water partition coefficient (Wildman–Crippen LogP) is 5.43. The van der Waals surface area contributed by atoms with Crippen molar-refractivity contribution in [2.75, 3.05) is 23.5 Å².